The van der Waals surface area contributed by atoms with Gasteiger partial charge < -0.3 is 4.55 Å². The molecule has 0 aromatic heterocycles. The van der Waals surface area contributed by atoms with Gasteiger partial charge >= 0.3 is 21.2 Å². The van der Waals surface area contributed by atoms with Gasteiger partial charge in [-0.2, -0.15) is 0 Å². The van der Waals surface area contributed by atoms with Crippen LogP contribution in [-0.2, 0) is 10.1 Å². The molecule has 0 aliphatic heterocycles. The van der Waals surface area contributed by atoms with Crippen LogP contribution >= 0.6 is 0 Å². The van der Waals surface area contributed by atoms with Gasteiger partial charge in [0.15, 0.2) is 7.65 Å². The highest BCUT2D eigenvalue weighted by atomic mass is 127. The van der Waals surface area contributed by atoms with E-state index in [2.05, 4.69) is 48.3 Å². The second-order valence-corrected chi connectivity index (χ2v) is 9.77. The van der Waals surface area contributed by atoms with Crippen molar-refractivity contribution in [3.8, 4) is 0 Å². The average molecular weight is 486 g/mol. The largest absolute Gasteiger partial charge is 0.744 e. The fourth-order valence-electron chi connectivity index (χ4n) is 2.04. The van der Waals surface area contributed by atoms with Crippen LogP contribution in [0.1, 0.15) is 45.1 Å². The molecule has 0 unspecified atom stereocenters. The third kappa shape index (κ3) is 9.50. The van der Waals surface area contributed by atoms with E-state index in [1.165, 1.54) is 41.4 Å². The highest BCUT2D eigenvalue weighted by Crippen LogP contribution is 2.09. The molecule has 0 bridgehead atoms. The number of halogens is 1. The van der Waals surface area contributed by atoms with Gasteiger partial charge in [0, 0.05) is 0 Å². The molecule has 0 amide bonds. The molecule has 0 saturated carbocycles. The number of unbranched alkanes of at least 4 members (excludes halogenated alkanes) is 1. The molecule has 2 rings (SSSR count). The van der Waals surface area contributed by atoms with Crippen molar-refractivity contribution < 1.29 is 34.2 Å². The molecule has 0 heterocycles. The molecule has 0 aliphatic rings. The highest BCUT2D eigenvalue weighted by Gasteiger charge is 2.08. The number of rotatable bonds is 7. The lowest BCUT2D eigenvalue weighted by molar-refractivity contribution is -0.557. The Hall–Kier alpha value is -1.18. The summed E-state index contributed by atoms with van der Waals surface area (Å²) in [6, 6.07) is 16.6. The monoisotopic (exact) mass is 486 g/mol. The van der Waals surface area contributed by atoms with Crippen LogP contribution in [0.3, 0.4) is 0 Å². The molecule has 0 aliphatic carbocycles. The quantitative estimate of drug-likeness (QED) is 0.446. The summed E-state index contributed by atoms with van der Waals surface area (Å²) in [5.41, 5.74) is 2.59. The highest BCUT2D eigenvalue weighted by molar-refractivity contribution is 7.85. The van der Waals surface area contributed by atoms with Gasteiger partial charge in [0.1, 0.15) is 10.1 Å². The molecular formula is C21H27IO3S. The molecule has 0 N–H and O–H groups in total. The summed E-state index contributed by atoms with van der Waals surface area (Å²) >= 11 is 0.100. The number of aryl methyl sites for hydroxylation is 1. The Morgan fingerprint density at radius 1 is 1.04 bits per heavy atom. The Morgan fingerprint density at radius 3 is 2.15 bits per heavy atom. The Bertz CT molecular complexity index is 767. The number of hydrogen-bond acceptors (Lipinski definition) is 3. The molecule has 0 spiro atoms. The predicted octanol–water partition coefficient (Wildman–Crippen LogP) is 2.33. The van der Waals surface area contributed by atoms with Crippen molar-refractivity contribution >= 4 is 10.1 Å². The summed E-state index contributed by atoms with van der Waals surface area (Å²) in [6.45, 7) is 6.36. The minimum absolute atomic E-state index is 0.100. The fourth-order valence-corrected chi connectivity index (χ4v) is 4.90. The van der Waals surface area contributed by atoms with E-state index < -0.39 is 10.1 Å². The lowest BCUT2D eigenvalue weighted by Gasteiger charge is -2.05. The van der Waals surface area contributed by atoms with Crippen molar-refractivity contribution in [1.82, 2.24) is 0 Å². The van der Waals surface area contributed by atoms with E-state index in [4.69, 9.17) is 0 Å². The van der Waals surface area contributed by atoms with E-state index in [0.29, 0.717) is 0 Å². The van der Waals surface area contributed by atoms with E-state index in [0.717, 1.165) is 5.56 Å². The van der Waals surface area contributed by atoms with Crippen molar-refractivity contribution in [1.29, 1.82) is 0 Å². The molecule has 2 aromatic carbocycles. The molecule has 0 atom stereocenters. The Labute approximate surface area is 168 Å². The lowest BCUT2D eigenvalue weighted by atomic mass is 10.1. The van der Waals surface area contributed by atoms with Crippen molar-refractivity contribution in [2.45, 2.75) is 51.3 Å². The summed E-state index contributed by atoms with van der Waals surface area (Å²) in [5.74, 6) is 0. The van der Waals surface area contributed by atoms with Gasteiger partial charge in [0.05, 0.1) is 4.90 Å². The summed E-state index contributed by atoms with van der Waals surface area (Å²) in [7, 11) is -4.27. The first-order valence-corrected chi connectivity index (χ1v) is 12.5. The molecule has 5 heteroatoms. The van der Waals surface area contributed by atoms with Crippen LogP contribution in [0, 0.1) is 10.5 Å². The zero-order chi connectivity index (χ0) is 19.4. The smallest absolute Gasteiger partial charge is 0.349 e. The third-order valence-corrected chi connectivity index (χ3v) is 7.16. The third-order valence-electron chi connectivity index (χ3n) is 3.68. The maximum atomic E-state index is 10.4. The molecule has 26 heavy (non-hydrogen) atoms. The van der Waals surface area contributed by atoms with Crippen molar-refractivity contribution in [2.24, 2.45) is 0 Å². The van der Waals surface area contributed by atoms with Crippen LogP contribution in [0.4, 0.5) is 0 Å². The van der Waals surface area contributed by atoms with Gasteiger partial charge in [0.2, 0.25) is 0 Å². The average Bonchev–Trinajstić information content (AvgIpc) is 2.63. The Balaban J connectivity index is 0.000000273. The SMILES string of the molecule is CCCC/C(=C\[I+]c1ccccc1)CC.Cc1ccc(S(=O)(=O)[O-])cc1. The minimum Gasteiger partial charge on any atom is -0.744 e. The topological polar surface area (TPSA) is 57.2 Å². The first-order chi connectivity index (χ1) is 12.4. The van der Waals surface area contributed by atoms with Crippen molar-refractivity contribution in [2.75, 3.05) is 0 Å². The number of hydrogen-bond donors (Lipinski definition) is 0. The fraction of sp³-hybridized carbons (Fsp3) is 0.333. The first-order valence-electron chi connectivity index (χ1n) is 8.75. The molecular weight excluding hydrogens is 459 g/mol. The predicted molar refractivity (Wildman–Crippen MR) is 102 cm³/mol. The van der Waals surface area contributed by atoms with Crippen LogP contribution < -0.4 is 21.2 Å². The zero-order valence-corrected chi connectivity index (χ0v) is 18.6. The minimum atomic E-state index is -4.27. The van der Waals surface area contributed by atoms with Crippen LogP contribution in [0.25, 0.3) is 0 Å². The van der Waals surface area contributed by atoms with Gasteiger partial charge in [-0.05, 0) is 56.0 Å². The van der Waals surface area contributed by atoms with Gasteiger partial charge in [-0.3, -0.25) is 0 Å². The van der Waals surface area contributed by atoms with Crippen molar-refractivity contribution in [3.63, 3.8) is 0 Å². The van der Waals surface area contributed by atoms with Crippen LogP contribution in [0.5, 0.6) is 0 Å². The second kappa shape index (κ2) is 12.3. The maximum absolute atomic E-state index is 10.4. The Kier molecular flexibility index (Phi) is 10.8. The summed E-state index contributed by atoms with van der Waals surface area (Å²) in [4.78, 5) is -0.178. The second-order valence-electron chi connectivity index (χ2n) is 5.90. The van der Waals surface area contributed by atoms with Gasteiger partial charge in [-0.1, -0.05) is 56.2 Å². The van der Waals surface area contributed by atoms with E-state index in [9.17, 15) is 13.0 Å². The van der Waals surface area contributed by atoms with E-state index >= 15 is 0 Å². The Morgan fingerprint density at radius 2 is 1.65 bits per heavy atom. The van der Waals surface area contributed by atoms with Crippen LogP contribution in [0.2, 0.25) is 0 Å². The van der Waals surface area contributed by atoms with E-state index in [1.54, 1.807) is 17.7 Å². The van der Waals surface area contributed by atoms with Crippen LogP contribution in [-0.4, -0.2) is 13.0 Å². The molecule has 2 aromatic rings. The maximum Gasteiger partial charge on any atom is 0.349 e. The first kappa shape index (κ1) is 22.9. The lowest BCUT2D eigenvalue weighted by Crippen LogP contribution is -3.59. The molecule has 0 saturated heterocycles. The van der Waals surface area contributed by atoms with Gasteiger partial charge in [-0.25, -0.2) is 8.42 Å². The summed E-state index contributed by atoms with van der Waals surface area (Å²) in [6.07, 6.45) is 5.19. The number of allylic oxidation sites excluding steroid dienone is 1. The van der Waals surface area contributed by atoms with E-state index in [-0.39, 0.29) is 26.1 Å². The molecule has 0 fully saturated rings. The zero-order valence-electron chi connectivity index (χ0n) is 15.6. The van der Waals surface area contributed by atoms with Gasteiger partial charge in [-0.15, -0.1) is 0 Å². The van der Waals surface area contributed by atoms with Crippen LogP contribution in [0.15, 0.2) is 69.1 Å². The van der Waals surface area contributed by atoms with Crippen molar-refractivity contribution in [3.05, 3.63) is 73.4 Å². The normalized spacial score (nSPS) is 11.6. The standard InChI is InChI=1S/C14H20I.C7H8O3S/c1-3-5-9-13(4-2)12-15-14-10-7-6-8-11-14;1-6-2-4-7(5-3-6)11(8,9)10/h6-8,10-12H,3-5,9H2,1-2H3;2-5H,1H3,(H,8,9,10)/q+1;/p-1/b13-12-;. The summed E-state index contributed by atoms with van der Waals surface area (Å²) < 4.78 is 35.2. The molecule has 0 radical (unpaired) electrons. The molecule has 142 valence electrons. The van der Waals surface area contributed by atoms with Gasteiger partial charge in [0.25, 0.3) is 0 Å². The van der Waals surface area contributed by atoms with E-state index in [1.807, 2.05) is 6.92 Å². The summed E-state index contributed by atoms with van der Waals surface area (Å²) in [5, 5.41) is 0. The molecule has 3 nitrogen and oxygen atoms in total. The number of benzene rings is 2.